The molecule has 0 N–H and O–H groups in total. The summed E-state index contributed by atoms with van der Waals surface area (Å²) in [5, 5.41) is 0. The number of rotatable bonds is 8. The van der Waals surface area contributed by atoms with Gasteiger partial charge in [0.05, 0.1) is 0 Å². The van der Waals surface area contributed by atoms with Crippen LogP contribution in [0.1, 0.15) is 93.4 Å². The lowest BCUT2D eigenvalue weighted by molar-refractivity contribution is 0.189. The zero-order valence-corrected chi connectivity index (χ0v) is 13.5. The molecule has 0 radical (unpaired) electrons. The van der Waals surface area contributed by atoms with Gasteiger partial charge in [0, 0.05) is 0 Å². The smallest absolute Gasteiger partial charge is 0.0352 e. The van der Waals surface area contributed by atoms with E-state index in [0.29, 0.717) is 10.8 Å². The molecular formula is C17H36. The van der Waals surface area contributed by atoms with Gasteiger partial charge in [0.2, 0.25) is 0 Å². The van der Waals surface area contributed by atoms with Gasteiger partial charge in [-0.15, -0.1) is 0 Å². The van der Waals surface area contributed by atoms with Crippen LogP contribution in [0.4, 0.5) is 0 Å². The first-order valence-corrected chi connectivity index (χ1v) is 7.70. The van der Waals surface area contributed by atoms with Crippen molar-refractivity contribution in [2.45, 2.75) is 93.4 Å². The van der Waals surface area contributed by atoms with Crippen molar-refractivity contribution in [2.24, 2.45) is 16.7 Å². The van der Waals surface area contributed by atoms with Gasteiger partial charge in [-0.3, -0.25) is 0 Å². The Morgan fingerprint density at radius 3 is 1.82 bits per heavy atom. The van der Waals surface area contributed by atoms with Gasteiger partial charge in [0.1, 0.15) is 0 Å². The highest BCUT2D eigenvalue weighted by atomic mass is 14.3. The molecule has 0 amide bonds. The third kappa shape index (κ3) is 9.68. The van der Waals surface area contributed by atoms with Gasteiger partial charge in [0.15, 0.2) is 0 Å². The van der Waals surface area contributed by atoms with Gasteiger partial charge in [-0.2, -0.15) is 0 Å². The van der Waals surface area contributed by atoms with Crippen LogP contribution in [-0.4, -0.2) is 0 Å². The Balaban J connectivity index is 4.15. The largest absolute Gasteiger partial charge is 0.0654 e. The minimum Gasteiger partial charge on any atom is -0.0654 e. The van der Waals surface area contributed by atoms with E-state index in [9.17, 15) is 0 Å². The predicted octanol–water partition coefficient (Wildman–Crippen LogP) is 6.45. The summed E-state index contributed by atoms with van der Waals surface area (Å²) in [6.45, 7) is 16.7. The molecule has 0 heterocycles. The van der Waals surface area contributed by atoms with E-state index in [1.165, 1.54) is 44.9 Å². The van der Waals surface area contributed by atoms with Crippen LogP contribution in [0.5, 0.6) is 0 Å². The number of hydrogen-bond acceptors (Lipinski definition) is 0. The molecule has 1 unspecified atom stereocenters. The molecule has 0 bridgehead atoms. The summed E-state index contributed by atoms with van der Waals surface area (Å²) in [5.41, 5.74) is 1.03. The maximum atomic E-state index is 2.47. The Bertz CT molecular complexity index is 183. The fourth-order valence-corrected chi connectivity index (χ4v) is 2.96. The Morgan fingerprint density at radius 2 is 1.41 bits per heavy atom. The Labute approximate surface area is 111 Å². The summed E-state index contributed by atoms with van der Waals surface area (Å²) in [6, 6.07) is 0. The second-order valence-electron chi connectivity index (χ2n) is 7.86. The van der Waals surface area contributed by atoms with Crippen LogP contribution in [-0.2, 0) is 0 Å². The first kappa shape index (κ1) is 17.0. The third-order valence-corrected chi connectivity index (χ3v) is 3.78. The van der Waals surface area contributed by atoms with Crippen LogP contribution in [0.2, 0.25) is 0 Å². The van der Waals surface area contributed by atoms with E-state index in [4.69, 9.17) is 0 Å². The molecule has 0 aromatic carbocycles. The summed E-state index contributed by atoms with van der Waals surface area (Å²) < 4.78 is 0. The van der Waals surface area contributed by atoms with Crippen LogP contribution in [0, 0.1) is 16.7 Å². The predicted molar refractivity (Wildman–Crippen MR) is 80.4 cm³/mol. The summed E-state index contributed by atoms with van der Waals surface area (Å²) in [6.07, 6.45) is 9.69. The molecular weight excluding hydrogens is 204 g/mol. The van der Waals surface area contributed by atoms with Crippen molar-refractivity contribution in [2.75, 3.05) is 0 Å². The Kier molecular flexibility index (Phi) is 7.44. The molecule has 0 spiro atoms. The maximum absolute atomic E-state index is 2.47. The minimum atomic E-state index is 0.486. The molecule has 0 aliphatic carbocycles. The second-order valence-corrected chi connectivity index (χ2v) is 7.86. The maximum Gasteiger partial charge on any atom is -0.0352 e. The standard InChI is InChI=1S/C17H36/c1-8-10-11-12-17(6,7)14-15(9-2)13-16(3,4)5/h15H,8-14H2,1-7H3. The van der Waals surface area contributed by atoms with E-state index in [0.717, 1.165) is 5.92 Å². The van der Waals surface area contributed by atoms with Gasteiger partial charge >= 0.3 is 0 Å². The van der Waals surface area contributed by atoms with E-state index < -0.39 is 0 Å². The zero-order valence-electron chi connectivity index (χ0n) is 13.5. The SMILES string of the molecule is CCCCCC(C)(C)CC(CC)CC(C)(C)C. The van der Waals surface area contributed by atoms with Crippen molar-refractivity contribution in [3.05, 3.63) is 0 Å². The quantitative estimate of drug-likeness (QED) is 0.428. The molecule has 0 aromatic rings. The highest BCUT2D eigenvalue weighted by Crippen LogP contribution is 2.37. The molecule has 0 aliphatic rings. The Morgan fingerprint density at radius 1 is 0.824 bits per heavy atom. The lowest BCUT2D eigenvalue weighted by Crippen LogP contribution is -2.21. The van der Waals surface area contributed by atoms with Gasteiger partial charge in [-0.05, 0) is 36.0 Å². The molecule has 0 rings (SSSR count). The monoisotopic (exact) mass is 240 g/mol. The second kappa shape index (κ2) is 7.44. The molecule has 104 valence electrons. The van der Waals surface area contributed by atoms with Crippen molar-refractivity contribution in [3.63, 3.8) is 0 Å². The van der Waals surface area contributed by atoms with E-state index in [1.54, 1.807) is 0 Å². The molecule has 0 nitrogen and oxygen atoms in total. The first-order chi connectivity index (χ1) is 7.70. The van der Waals surface area contributed by atoms with Crippen molar-refractivity contribution < 1.29 is 0 Å². The highest BCUT2D eigenvalue weighted by molar-refractivity contribution is 4.76. The molecule has 0 saturated heterocycles. The topological polar surface area (TPSA) is 0 Å². The van der Waals surface area contributed by atoms with Gasteiger partial charge < -0.3 is 0 Å². The van der Waals surface area contributed by atoms with Crippen LogP contribution >= 0.6 is 0 Å². The lowest BCUT2D eigenvalue weighted by atomic mass is 9.73. The van der Waals surface area contributed by atoms with Crippen LogP contribution in [0.3, 0.4) is 0 Å². The Hall–Kier alpha value is 0. The van der Waals surface area contributed by atoms with Gasteiger partial charge in [0.25, 0.3) is 0 Å². The summed E-state index contributed by atoms with van der Waals surface area (Å²) in [4.78, 5) is 0. The fraction of sp³-hybridized carbons (Fsp3) is 1.00. The summed E-state index contributed by atoms with van der Waals surface area (Å²) in [5.74, 6) is 0.909. The molecule has 17 heavy (non-hydrogen) atoms. The van der Waals surface area contributed by atoms with Crippen LogP contribution < -0.4 is 0 Å². The number of unbranched alkanes of at least 4 members (excludes halogenated alkanes) is 2. The zero-order chi connectivity index (χ0) is 13.5. The van der Waals surface area contributed by atoms with E-state index in [2.05, 4.69) is 48.5 Å². The average Bonchev–Trinajstić information content (AvgIpc) is 2.14. The lowest BCUT2D eigenvalue weighted by Gasteiger charge is -2.33. The fourth-order valence-electron chi connectivity index (χ4n) is 2.96. The van der Waals surface area contributed by atoms with Crippen LogP contribution in [0.15, 0.2) is 0 Å². The van der Waals surface area contributed by atoms with Crippen molar-refractivity contribution in [3.8, 4) is 0 Å². The number of hydrogen-bond donors (Lipinski definition) is 0. The molecule has 0 saturated carbocycles. The molecule has 0 heteroatoms. The van der Waals surface area contributed by atoms with E-state index >= 15 is 0 Å². The minimum absolute atomic E-state index is 0.486. The summed E-state index contributed by atoms with van der Waals surface area (Å²) in [7, 11) is 0. The highest BCUT2D eigenvalue weighted by Gasteiger charge is 2.25. The summed E-state index contributed by atoms with van der Waals surface area (Å²) >= 11 is 0. The van der Waals surface area contributed by atoms with E-state index in [-0.39, 0.29) is 0 Å². The first-order valence-electron chi connectivity index (χ1n) is 7.70. The molecule has 1 atom stereocenters. The normalized spacial score (nSPS) is 15.0. The van der Waals surface area contributed by atoms with Gasteiger partial charge in [-0.1, -0.05) is 74.1 Å². The molecule has 0 aliphatic heterocycles. The van der Waals surface area contributed by atoms with Crippen LogP contribution in [0.25, 0.3) is 0 Å². The van der Waals surface area contributed by atoms with Crippen molar-refractivity contribution in [1.82, 2.24) is 0 Å². The third-order valence-electron chi connectivity index (χ3n) is 3.78. The van der Waals surface area contributed by atoms with Crippen molar-refractivity contribution >= 4 is 0 Å². The molecule has 0 aromatic heterocycles. The average molecular weight is 240 g/mol. The molecule has 0 fully saturated rings. The van der Waals surface area contributed by atoms with Gasteiger partial charge in [-0.25, -0.2) is 0 Å². The van der Waals surface area contributed by atoms with E-state index in [1.807, 2.05) is 0 Å². The van der Waals surface area contributed by atoms with Crippen molar-refractivity contribution in [1.29, 1.82) is 0 Å².